The molecule has 1 rings (SSSR count). The zero-order valence-corrected chi connectivity index (χ0v) is 49.7. The number of ether oxygens (including phenoxy) is 3. The summed E-state index contributed by atoms with van der Waals surface area (Å²) in [4.78, 5) is 25.1. The van der Waals surface area contributed by atoms with Crippen LogP contribution in [0.4, 0.5) is 0 Å². The highest BCUT2D eigenvalue weighted by Gasteiger charge is 2.44. The number of hydrogen-bond donors (Lipinski definition) is 6. The summed E-state index contributed by atoms with van der Waals surface area (Å²) in [6.07, 6.45) is 61.2. The van der Waals surface area contributed by atoms with Crippen molar-refractivity contribution in [2.45, 2.75) is 339 Å². The third-order valence-corrected chi connectivity index (χ3v) is 15.2. The Morgan fingerprint density at radius 3 is 1.39 bits per heavy atom. The highest BCUT2D eigenvalue weighted by molar-refractivity contribution is 5.76. The van der Waals surface area contributed by atoms with E-state index in [1.54, 1.807) is 6.08 Å². The lowest BCUT2D eigenvalue weighted by atomic mass is 9.99. The van der Waals surface area contributed by atoms with E-state index in [2.05, 4.69) is 55.6 Å². The second-order valence-electron chi connectivity index (χ2n) is 22.5. The molecule has 0 bridgehead atoms. The van der Waals surface area contributed by atoms with E-state index in [1.165, 1.54) is 193 Å². The fourth-order valence-electron chi connectivity index (χ4n) is 10.1. The van der Waals surface area contributed by atoms with E-state index in [1.807, 2.05) is 6.08 Å². The number of aliphatic hydroxyl groups is 5. The van der Waals surface area contributed by atoms with E-state index in [-0.39, 0.29) is 18.5 Å². The van der Waals surface area contributed by atoms with E-state index in [4.69, 9.17) is 14.2 Å². The second kappa shape index (κ2) is 55.5. The van der Waals surface area contributed by atoms with Crippen LogP contribution in [0.15, 0.2) is 48.6 Å². The van der Waals surface area contributed by atoms with Gasteiger partial charge in [-0.05, 0) is 64.2 Å². The minimum absolute atomic E-state index is 0.0444. The zero-order chi connectivity index (χ0) is 55.9. The standard InChI is InChI=1S/C66H121NO10/c1-3-5-7-9-11-13-14-15-16-17-21-25-28-31-34-38-42-46-50-54-62(71)75-55-51-47-43-39-35-32-29-26-23-20-18-19-22-24-27-30-33-37-41-45-49-53-61(70)67-58(59(69)52-48-44-40-36-12-10-8-6-4-2)57-76-66-65(74)64(73)63(72)60(56-68)77-66/h12,32,35-36,43,47-48,52,58-60,63-66,68-69,72-74H,3-11,13-31,33-34,37-42,44-46,49-51,53-57H2,1-2H3,(H,67,70)/b35-32-,36-12+,47-43-,52-48+. The van der Waals surface area contributed by atoms with Gasteiger partial charge >= 0.3 is 5.97 Å². The fraction of sp³-hybridized carbons (Fsp3) is 0.848. The normalized spacial score (nSPS) is 18.9. The lowest BCUT2D eigenvalue weighted by molar-refractivity contribution is -0.302. The van der Waals surface area contributed by atoms with Gasteiger partial charge in [-0.15, -0.1) is 0 Å². The maximum Gasteiger partial charge on any atom is 0.305 e. The lowest BCUT2D eigenvalue weighted by Gasteiger charge is -2.40. The Labute approximate surface area is 472 Å². The van der Waals surface area contributed by atoms with E-state index in [9.17, 15) is 35.1 Å². The molecule has 450 valence electrons. The van der Waals surface area contributed by atoms with Crippen molar-refractivity contribution in [2.75, 3.05) is 19.8 Å². The van der Waals surface area contributed by atoms with Crippen LogP contribution in [0, 0.1) is 0 Å². The molecule has 0 aliphatic carbocycles. The van der Waals surface area contributed by atoms with Crippen LogP contribution in [0.3, 0.4) is 0 Å². The van der Waals surface area contributed by atoms with Gasteiger partial charge in [-0.2, -0.15) is 0 Å². The molecule has 0 radical (unpaired) electrons. The minimum atomic E-state index is -1.58. The molecule has 77 heavy (non-hydrogen) atoms. The van der Waals surface area contributed by atoms with E-state index in [0.717, 1.165) is 77.0 Å². The number of nitrogens with one attached hydrogen (secondary N) is 1. The molecule has 1 aliphatic heterocycles. The van der Waals surface area contributed by atoms with Gasteiger partial charge in [-0.25, -0.2) is 0 Å². The average molecular weight is 1090 g/mol. The van der Waals surface area contributed by atoms with Crippen LogP contribution >= 0.6 is 0 Å². The number of hydrogen-bond acceptors (Lipinski definition) is 10. The maximum atomic E-state index is 13.0. The summed E-state index contributed by atoms with van der Waals surface area (Å²) in [6, 6.07) is -0.831. The van der Waals surface area contributed by atoms with Crippen molar-refractivity contribution in [1.29, 1.82) is 0 Å². The van der Waals surface area contributed by atoms with Gasteiger partial charge in [0, 0.05) is 12.8 Å². The number of unbranched alkanes of at least 4 members (excludes halogenated alkanes) is 36. The quantitative estimate of drug-likeness (QED) is 0.0195. The molecule has 11 heteroatoms. The molecule has 7 atom stereocenters. The van der Waals surface area contributed by atoms with Crippen molar-refractivity contribution in [2.24, 2.45) is 0 Å². The zero-order valence-electron chi connectivity index (χ0n) is 49.7. The van der Waals surface area contributed by atoms with Crippen molar-refractivity contribution in [3.8, 4) is 0 Å². The van der Waals surface area contributed by atoms with Crippen LogP contribution in [-0.2, 0) is 23.8 Å². The van der Waals surface area contributed by atoms with Gasteiger partial charge in [0.15, 0.2) is 6.29 Å². The van der Waals surface area contributed by atoms with Crippen LogP contribution in [0.25, 0.3) is 0 Å². The fourth-order valence-corrected chi connectivity index (χ4v) is 10.1. The van der Waals surface area contributed by atoms with Gasteiger partial charge in [0.2, 0.25) is 5.91 Å². The molecule has 11 nitrogen and oxygen atoms in total. The predicted molar refractivity (Wildman–Crippen MR) is 320 cm³/mol. The van der Waals surface area contributed by atoms with E-state index in [0.29, 0.717) is 19.4 Å². The van der Waals surface area contributed by atoms with Gasteiger partial charge < -0.3 is 45.1 Å². The molecular formula is C66H121NO10. The Bertz CT molecular complexity index is 1420. The van der Waals surface area contributed by atoms with Gasteiger partial charge in [0.1, 0.15) is 24.4 Å². The minimum Gasteiger partial charge on any atom is -0.465 e. The molecule has 1 aliphatic rings. The van der Waals surface area contributed by atoms with E-state index < -0.39 is 49.5 Å². The number of carbonyl (C=O) groups excluding carboxylic acids is 2. The molecule has 1 saturated heterocycles. The summed E-state index contributed by atoms with van der Waals surface area (Å²) < 4.78 is 16.6. The highest BCUT2D eigenvalue weighted by atomic mass is 16.7. The molecular weight excluding hydrogens is 967 g/mol. The summed E-state index contributed by atoms with van der Waals surface area (Å²) >= 11 is 0. The molecule has 0 aromatic carbocycles. The first kappa shape index (κ1) is 72.6. The van der Waals surface area contributed by atoms with Crippen LogP contribution in [-0.4, -0.2) is 100 Å². The monoisotopic (exact) mass is 1090 g/mol. The second-order valence-corrected chi connectivity index (χ2v) is 22.5. The first-order valence-corrected chi connectivity index (χ1v) is 32.4. The predicted octanol–water partition coefficient (Wildman–Crippen LogP) is 15.6. The van der Waals surface area contributed by atoms with Crippen LogP contribution < -0.4 is 5.32 Å². The van der Waals surface area contributed by atoms with Crippen LogP contribution in [0.2, 0.25) is 0 Å². The van der Waals surface area contributed by atoms with Crippen LogP contribution in [0.1, 0.15) is 296 Å². The summed E-state index contributed by atoms with van der Waals surface area (Å²) in [5.74, 6) is -0.244. The van der Waals surface area contributed by atoms with Crippen molar-refractivity contribution in [3.05, 3.63) is 48.6 Å². The Morgan fingerprint density at radius 2 is 0.883 bits per heavy atom. The van der Waals surface area contributed by atoms with Gasteiger partial charge in [-0.1, -0.05) is 268 Å². The number of allylic oxidation sites excluding steroid dienone is 6. The number of esters is 1. The Hall–Kier alpha value is -2.38. The summed E-state index contributed by atoms with van der Waals surface area (Å²) in [7, 11) is 0. The number of amides is 1. The smallest absolute Gasteiger partial charge is 0.305 e. The van der Waals surface area contributed by atoms with Gasteiger partial charge in [-0.3, -0.25) is 9.59 Å². The van der Waals surface area contributed by atoms with Crippen molar-refractivity contribution >= 4 is 11.9 Å². The Kier molecular flexibility index (Phi) is 52.4. The summed E-state index contributed by atoms with van der Waals surface area (Å²) in [5.41, 5.74) is 0. The average Bonchev–Trinajstić information content (AvgIpc) is 3.43. The maximum absolute atomic E-state index is 13.0. The molecule has 0 aromatic rings. The summed E-state index contributed by atoms with van der Waals surface area (Å²) in [6.45, 7) is 4.18. The molecule has 1 amide bonds. The van der Waals surface area contributed by atoms with Crippen molar-refractivity contribution in [1.82, 2.24) is 5.32 Å². The molecule has 0 aromatic heterocycles. The molecule has 1 heterocycles. The first-order chi connectivity index (χ1) is 37.7. The van der Waals surface area contributed by atoms with Crippen LogP contribution in [0.5, 0.6) is 0 Å². The number of rotatable bonds is 56. The van der Waals surface area contributed by atoms with E-state index >= 15 is 0 Å². The topological polar surface area (TPSA) is 175 Å². The van der Waals surface area contributed by atoms with Crippen molar-refractivity contribution in [3.63, 3.8) is 0 Å². The Balaban J connectivity index is 1.99. The highest BCUT2D eigenvalue weighted by Crippen LogP contribution is 2.23. The number of carbonyl (C=O) groups is 2. The van der Waals surface area contributed by atoms with Crippen molar-refractivity contribution < 1.29 is 49.3 Å². The molecule has 0 spiro atoms. The number of aliphatic hydroxyl groups excluding tert-OH is 5. The SMILES string of the molecule is CCCCC/C=C/CC/C=C/C(O)C(COC1OC(CO)C(O)C(O)C1O)NC(=O)CCCCCCCCCCCCCCCC/C=C\C/C=C\CCOC(=O)CCCCCCCCCCCCCCCCCCCCC. The van der Waals surface area contributed by atoms with Gasteiger partial charge in [0.25, 0.3) is 0 Å². The molecule has 0 saturated carbocycles. The molecule has 6 N–H and O–H groups in total. The molecule has 7 unspecified atom stereocenters. The molecule has 1 fully saturated rings. The lowest BCUT2D eigenvalue weighted by Crippen LogP contribution is -2.60. The van der Waals surface area contributed by atoms with Gasteiger partial charge in [0.05, 0.1) is 32.0 Å². The third-order valence-electron chi connectivity index (χ3n) is 15.2. The summed E-state index contributed by atoms with van der Waals surface area (Å²) in [5, 5.41) is 54.2. The first-order valence-electron chi connectivity index (χ1n) is 32.4. The third kappa shape index (κ3) is 45.0. The Morgan fingerprint density at radius 1 is 0.481 bits per heavy atom. The largest absolute Gasteiger partial charge is 0.465 e.